The third-order valence-electron chi connectivity index (χ3n) is 10.5. The van der Waals surface area contributed by atoms with Crippen molar-refractivity contribution in [1.29, 1.82) is 0 Å². The van der Waals surface area contributed by atoms with Crippen LogP contribution in [0.4, 0.5) is 0 Å². The number of aromatic hydroxyl groups is 1. The zero-order valence-corrected chi connectivity index (χ0v) is 26.2. The van der Waals surface area contributed by atoms with Gasteiger partial charge in [-0.15, -0.1) is 0 Å². The zero-order valence-electron chi connectivity index (χ0n) is 26.2. The number of aliphatic hydroxyl groups is 1. The van der Waals surface area contributed by atoms with Gasteiger partial charge in [0.2, 0.25) is 0 Å². The van der Waals surface area contributed by atoms with E-state index in [1.807, 2.05) is 39.8 Å². The highest BCUT2D eigenvalue weighted by atomic mass is 16.3. The number of phenols is 1. The van der Waals surface area contributed by atoms with Gasteiger partial charge < -0.3 is 10.2 Å². The van der Waals surface area contributed by atoms with Crippen LogP contribution in [0.5, 0.6) is 5.75 Å². The lowest BCUT2D eigenvalue weighted by Gasteiger charge is -2.60. The average molecular weight is 585 g/mol. The molecule has 2 N–H and O–H groups in total. The van der Waals surface area contributed by atoms with Crippen molar-refractivity contribution in [2.75, 3.05) is 0 Å². The molecule has 7 heteroatoms. The van der Waals surface area contributed by atoms with Crippen molar-refractivity contribution in [2.24, 2.45) is 28.6 Å². The third kappa shape index (κ3) is 4.00. The lowest BCUT2D eigenvalue weighted by atomic mass is 9.41. The van der Waals surface area contributed by atoms with E-state index in [0.717, 1.165) is 11.1 Å². The van der Waals surface area contributed by atoms with Crippen LogP contribution < -0.4 is 0 Å². The summed E-state index contributed by atoms with van der Waals surface area (Å²) in [6.45, 7) is 13.9. The Bertz CT molecular complexity index is 1680. The first kappa shape index (κ1) is 30.7. The SMILES string of the molecule is CCc1ccc(C(C)=O)cc1-c1ccc(O)c2c1C[C@@]1(C)C[C@@]3(C)C(C(C)C)=C(C)C(C(C)=O)C(=O)[C@@]3(O)C(=O)C1C2=O. The molecule has 43 heavy (non-hydrogen) atoms. The van der Waals surface area contributed by atoms with Crippen molar-refractivity contribution in [3.63, 3.8) is 0 Å². The highest BCUT2D eigenvalue weighted by molar-refractivity contribution is 6.27. The van der Waals surface area contributed by atoms with Crippen LogP contribution in [-0.4, -0.2) is 44.7 Å². The second-order valence-corrected chi connectivity index (χ2v) is 13.6. The third-order valence-corrected chi connectivity index (χ3v) is 10.5. The van der Waals surface area contributed by atoms with Gasteiger partial charge in [0.15, 0.2) is 28.7 Å². The quantitative estimate of drug-likeness (QED) is 0.264. The molecule has 0 spiro atoms. The maximum Gasteiger partial charge on any atom is 0.192 e. The molecule has 2 aromatic carbocycles. The molecule has 2 unspecified atom stereocenters. The van der Waals surface area contributed by atoms with E-state index in [-0.39, 0.29) is 35.9 Å². The predicted molar refractivity (Wildman–Crippen MR) is 162 cm³/mol. The Labute approximate surface area is 252 Å². The Kier molecular flexibility index (Phi) is 7.09. The Hall–Kier alpha value is -3.71. The lowest BCUT2D eigenvalue weighted by molar-refractivity contribution is -0.183. The number of allylic oxidation sites excluding steroid dienone is 1. The second-order valence-electron chi connectivity index (χ2n) is 13.6. The number of ketones is 5. The molecular weight excluding hydrogens is 544 g/mol. The summed E-state index contributed by atoms with van der Waals surface area (Å²) in [7, 11) is 0. The Morgan fingerprint density at radius 2 is 1.65 bits per heavy atom. The number of phenolic OH excluding ortho intramolecular Hbond substituents is 1. The van der Waals surface area contributed by atoms with E-state index in [0.29, 0.717) is 34.3 Å². The Morgan fingerprint density at radius 3 is 2.21 bits per heavy atom. The number of benzene rings is 2. The number of carbonyl (C=O) groups excluding carboxylic acids is 5. The van der Waals surface area contributed by atoms with Crippen molar-refractivity contribution in [3.05, 3.63) is 63.7 Å². The molecule has 7 nitrogen and oxygen atoms in total. The van der Waals surface area contributed by atoms with Gasteiger partial charge in [0, 0.05) is 11.0 Å². The molecule has 0 aromatic heterocycles. The summed E-state index contributed by atoms with van der Waals surface area (Å²) < 4.78 is 0. The molecule has 226 valence electrons. The fourth-order valence-electron chi connectivity index (χ4n) is 8.95. The first-order valence-electron chi connectivity index (χ1n) is 15.0. The summed E-state index contributed by atoms with van der Waals surface area (Å²) in [6, 6.07) is 8.65. The van der Waals surface area contributed by atoms with Gasteiger partial charge in [-0.2, -0.15) is 0 Å². The molecule has 0 amide bonds. The molecule has 0 bridgehead atoms. The maximum atomic E-state index is 14.5. The van der Waals surface area contributed by atoms with Crippen molar-refractivity contribution < 1.29 is 34.2 Å². The van der Waals surface area contributed by atoms with Crippen LogP contribution in [0.1, 0.15) is 93.7 Å². The van der Waals surface area contributed by atoms with E-state index in [1.165, 1.54) is 19.9 Å². The first-order valence-corrected chi connectivity index (χ1v) is 15.0. The summed E-state index contributed by atoms with van der Waals surface area (Å²) in [5.41, 5.74) is -0.140. The molecule has 3 aliphatic carbocycles. The monoisotopic (exact) mass is 584 g/mol. The molecule has 1 saturated carbocycles. The van der Waals surface area contributed by atoms with Gasteiger partial charge in [-0.3, -0.25) is 24.0 Å². The molecule has 5 rings (SSSR count). The van der Waals surface area contributed by atoms with Crippen LogP contribution in [-0.2, 0) is 27.2 Å². The number of hydrogen-bond donors (Lipinski definition) is 2. The van der Waals surface area contributed by atoms with Gasteiger partial charge in [0.1, 0.15) is 17.5 Å². The summed E-state index contributed by atoms with van der Waals surface area (Å²) in [6.07, 6.45) is 1.03. The number of hydrogen-bond acceptors (Lipinski definition) is 7. The van der Waals surface area contributed by atoms with Gasteiger partial charge in [-0.05, 0) is 85.8 Å². The van der Waals surface area contributed by atoms with Gasteiger partial charge in [0.05, 0.1) is 11.5 Å². The van der Waals surface area contributed by atoms with Crippen molar-refractivity contribution >= 4 is 28.9 Å². The average Bonchev–Trinajstić information content (AvgIpc) is 2.90. The molecule has 0 heterocycles. The van der Waals surface area contributed by atoms with E-state index in [4.69, 9.17) is 0 Å². The number of aryl methyl sites for hydroxylation is 1. The predicted octanol–water partition coefficient (Wildman–Crippen LogP) is 5.66. The maximum absolute atomic E-state index is 14.5. The van der Waals surface area contributed by atoms with E-state index < -0.39 is 51.4 Å². The van der Waals surface area contributed by atoms with Crippen molar-refractivity contribution in [3.8, 4) is 16.9 Å². The highest BCUT2D eigenvalue weighted by Gasteiger charge is 2.73. The summed E-state index contributed by atoms with van der Waals surface area (Å²) in [4.78, 5) is 67.9. The molecule has 1 fully saturated rings. The standard InChI is InChI=1S/C36H40O7/c1-9-21-10-11-22(19(5)37)14-24(21)23-12-13-26(39)28-25(23)15-34(7)16-35(8)29(17(2)3)18(4)27(20(6)38)32(41)36(35,43)33(42)30(34)31(28)40/h10-14,17,27,30,39,43H,9,15-16H2,1-8H3/t27?,30?,34-,35-,36+/m0/s1. The molecule has 0 aliphatic heterocycles. The normalized spacial score (nSPS) is 30.2. The zero-order chi connectivity index (χ0) is 32.0. The number of carbonyl (C=O) groups is 5. The van der Waals surface area contributed by atoms with Crippen LogP contribution in [0.3, 0.4) is 0 Å². The number of rotatable bonds is 5. The van der Waals surface area contributed by atoms with Crippen LogP contribution >= 0.6 is 0 Å². The molecule has 0 saturated heterocycles. The lowest BCUT2D eigenvalue weighted by Crippen LogP contribution is -2.73. The summed E-state index contributed by atoms with van der Waals surface area (Å²) in [5, 5.41) is 23.3. The van der Waals surface area contributed by atoms with Gasteiger partial charge in [-0.25, -0.2) is 0 Å². The minimum absolute atomic E-state index is 0.00186. The Morgan fingerprint density at radius 1 is 1.00 bits per heavy atom. The van der Waals surface area contributed by atoms with E-state index >= 15 is 0 Å². The molecule has 5 atom stereocenters. The van der Waals surface area contributed by atoms with Crippen molar-refractivity contribution in [1.82, 2.24) is 0 Å². The van der Waals surface area contributed by atoms with Crippen LogP contribution in [0, 0.1) is 28.6 Å². The fraction of sp³-hybridized carbons (Fsp3) is 0.472. The van der Waals surface area contributed by atoms with E-state index in [2.05, 4.69) is 0 Å². The first-order chi connectivity index (χ1) is 20.0. The van der Waals surface area contributed by atoms with Crippen LogP contribution in [0.25, 0.3) is 11.1 Å². The van der Waals surface area contributed by atoms with Crippen LogP contribution in [0.15, 0.2) is 41.5 Å². The molecule has 2 aromatic rings. The summed E-state index contributed by atoms with van der Waals surface area (Å²) in [5.74, 6) is -6.11. The van der Waals surface area contributed by atoms with Gasteiger partial charge in [-0.1, -0.05) is 64.0 Å². The fourth-order valence-corrected chi connectivity index (χ4v) is 8.95. The molecule has 0 radical (unpaired) electrons. The minimum atomic E-state index is -2.57. The number of fused-ring (bicyclic) bond motifs is 3. The summed E-state index contributed by atoms with van der Waals surface area (Å²) >= 11 is 0. The largest absolute Gasteiger partial charge is 0.507 e. The van der Waals surface area contributed by atoms with Gasteiger partial charge >= 0.3 is 0 Å². The highest BCUT2D eigenvalue weighted by Crippen LogP contribution is 2.64. The van der Waals surface area contributed by atoms with E-state index in [9.17, 15) is 34.2 Å². The van der Waals surface area contributed by atoms with E-state index in [1.54, 1.807) is 26.0 Å². The van der Waals surface area contributed by atoms with Crippen molar-refractivity contribution in [2.45, 2.75) is 80.3 Å². The topological polar surface area (TPSA) is 126 Å². The smallest absolute Gasteiger partial charge is 0.192 e. The van der Waals surface area contributed by atoms with Crippen LogP contribution in [0.2, 0.25) is 0 Å². The minimum Gasteiger partial charge on any atom is -0.507 e. The Balaban J connectivity index is 1.78. The van der Waals surface area contributed by atoms with Gasteiger partial charge in [0.25, 0.3) is 0 Å². The molecule has 3 aliphatic rings. The second kappa shape index (κ2) is 9.91. The molecular formula is C36H40O7. The number of Topliss-reactive ketones (excluding diaryl/α,β-unsaturated/α-hetero) is 5.